The zero-order valence-corrected chi connectivity index (χ0v) is 15.3. The first-order valence-electron chi connectivity index (χ1n) is 8.42. The van der Waals surface area contributed by atoms with E-state index < -0.39 is 0 Å². The Balaban J connectivity index is 1.48. The van der Waals surface area contributed by atoms with E-state index in [-0.39, 0.29) is 5.91 Å². The van der Waals surface area contributed by atoms with Gasteiger partial charge in [-0.2, -0.15) is 0 Å². The fraction of sp³-hybridized carbons (Fsp3) is 0.421. The van der Waals surface area contributed by atoms with Crippen LogP contribution in [0.1, 0.15) is 10.4 Å². The molecule has 4 nitrogen and oxygen atoms in total. The second kappa shape index (κ2) is 7.81. The fourth-order valence-electron chi connectivity index (χ4n) is 3.09. The van der Waals surface area contributed by atoms with Crippen LogP contribution in [0, 0.1) is 6.92 Å². The van der Waals surface area contributed by atoms with E-state index in [0.717, 1.165) is 32.7 Å². The summed E-state index contributed by atoms with van der Waals surface area (Å²) in [6.07, 6.45) is 0. The normalized spacial score (nSPS) is 15.1. The van der Waals surface area contributed by atoms with Crippen LogP contribution >= 0.6 is 11.3 Å². The van der Waals surface area contributed by atoms with Crippen LogP contribution in [-0.2, 0) is 11.3 Å². The Morgan fingerprint density at radius 3 is 2.62 bits per heavy atom. The Morgan fingerprint density at radius 2 is 1.96 bits per heavy atom. The molecule has 0 N–H and O–H groups in total. The molecule has 1 aliphatic rings. The van der Waals surface area contributed by atoms with Gasteiger partial charge in [0, 0.05) is 43.3 Å². The Labute approximate surface area is 148 Å². The minimum absolute atomic E-state index is 0.234. The highest BCUT2D eigenvalue weighted by atomic mass is 32.1. The maximum atomic E-state index is 12.5. The molecule has 1 aliphatic heterocycles. The summed E-state index contributed by atoms with van der Waals surface area (Å²) >= 11 is 1.74. The minimum atomic E-state index is 0.234. The molecular weight excluding hydrogens is 318 g/mol. The van der Waals surface area contributed by atoms with Crippen LogP contribution in [0.4, 0.5) is 5.69 Å². The van der Waals surface area contributed by atoms with E-state index in [0.29, 0.717) is 6.54 Å². The first-order valence-corrected chi connectivity index (χ1v) is 9.30. The number of aryl methyl sites for hydroxylation is 1. The molecule has 128 valence electrons. The molecule has 0 bridgehead atoms. The highest BCUT2D eigenvalue weighted by Crippen LogP contribution is 2.18. The lowest BCUT2D eigenvalue weighted by Gasteiger charge is -2.36. The van der Waals surface area contributed by atoms with E-state index in [1.165, 1.54) is 16.1 Å². The summed E-state index contributed by atoms with van der Waals surface area (Å²) in [4.78, 5) is 20.3. The summed E-state index contributed by atoms with van der Waals surface area (Å²) in [5, 5.41) is 2.08. The van der Waals surface area contributed by atoms with E-state index >= 15 is 0 Å². The van der Waals surface area contributed by atoms with Gasteiger partial charge in [0.15, 0.2) is 0 Å². The van der Waals surface area contributed by atoms with Crippen LogP contribution in [0.2, 0.25) is 0 Å². The first kappa shape index (κ1) is 17.0. The molecule has 1 amide bonds. The van der Waals surface area contributed by atoms with Gasteiger partial charge >= 0.3 is 0 Å². The van der Waals surface area contributed by atoms with Crippen LogP contribution in [-0.4, -0.2) is 55.5 Å². The number of benzene rings is 1. The van der Waals surface area contributed by atoms with Crippen LogP contribution in [0.15, 0.2) is 41.8 Å². The van der Waals surface area contributed by atoms with Gasteiger partial charge in [-0.05, 0) is 43.1 Å². The van der Waals surface area contributed by atoms with Gasteiger partial charge in [0.05, 0.1) is 6.54 Å². The first-order chi connectivity index (χ1) is 11.6. The predicted octanol–water partition coefficient (Wildman–Crippen LogP) is 2.84. The number of piperazine rings is 1. The number of hydrogen-bond acceptors (Lipinski definition) is 4. The minimum Gasteiger partial charge on any atom is -0.368 e. The van der Waals surface area contributed by atoms with Crippen molar-refractivity contribution >= 4 is 22.9 Å². The van der Waals surface area contributed by atoms with E-state index in [2.05, 4.69) is 58.5 Å². The van der Waals surface area contributed by atoms with Crippen molar-refractivity contribution in [2.24, 2.45) is 0 Å². The molecule has 0 spiro atoms. The molecule has 1 fully saturated rings. The number of amides is 1. The van der Waals surface area contributed by atoms with E-state index in [4.69, 9.17) is 0 Å². The molecule has 1 aromatic heterocycles. The van der Waals surface area contributed by atoms with Gasteiger partial charge in [0.2, 0.25) is 5.91 Å². The summed E-state index contributed by atoms with van der Waals surface area (Å²) in [6.45, 7) is 6.87. The maximum absolute atomic E-state index is 12.5. The SMILES string of the molecule is Cc1cccc(N2CCN(C(=O)CN(C)Cc3cccs3)CC2)c1. The number of anilines is 1. The van der Waals surface area contributed by atoms with E-state index in [1.54, 1.807) is 11.3 Å². The lowest BCUT2D eigenvalue weighted by atomic mass is 10.2. The highest BCUT2D eigenvalue weighted by molar-refractivity contribution is 7.09. The smallest absolute Gasteiger partial charge is 0.236 e. The lowest BCUT2D eigenvalue weighted by Crippen LogP contribution is -2.51. The van der Waals surface area contributed by atoms with Crippen LogP contribution in [0.25, 0.3) is 0 Å². The van der Waals surface area contributed by atoms with Crippen molar-refractivity contribution in [3.63, 3.8) is 0 Å². The fourth-order valence-corrected chi connectivity index (χ4v) is 3.88. The Morgan fingerprint density at radius 1 is 1.17 bits per heavy atom. The summed E-state index contributed by atoms with van der Waals surface area (Å²) < 4.78 is 0. The van der Waals surface area contributed by atoms with Crippen molar-refractivity contribution in [3.05, 3.63) is 52.2 Å². The zero-order chi connectivity index (χ0) is 16.9. The molecule has 0 aliphatic carbocycles. The molecule has 0 radical (unpaired) electrons. The molecule has 1 aromatic carbocycles. The molecule has 3 rings (SSSR count). The number of carbonyl (C=O) groups excluding carboxylic acids is 1. The third-order valence-electron chi connectivity index (χ3n) is 4.41. The summed E-state index contributed by atoms with van der Waals surface area (Å²) in [6, 6.07) is 12.8. The molecule has 0 unspecified atom stereocenters. The van der Waals surface area contributed by atoms with Gasteiger partial charge in [-0.1, -0.05) is 18.2 Å². The molecular formula is C19H25N3OS. The third kappa shape index (κ3) is 4.36. The Kier molecular flexibility index (Phi) is 5.53. The monoisotopic (exact) mass is 343 g/mol. The summed E-state index contributed by atoms with van der Waals surface area (Å²) in [7, 11) is 2.01. The number of rotatable bonds is 5. The third-order valence-corrected chi connectivity index (χ3v) is 5.27. The summed E-state index contributed by atoms with van der Waals surface area (Å²) in [5.41, 5.74) is 2.54. The summed E-state index contributed by atoms with van der Waals surface area (Å²) in [5.74, 6) is 0.234. The molecule has 0 saturated carbocycles. The molecule has 0 atom stereocenters. The highest BCUT2D eigenvalue weighted by Gasteiger charge is 2.22. The van der Waals surface area contributed by atoms with Crippen molar-refractivity contribution in [2.75, 3.05) is 44.7 Å². The number of nitrogens with zero attached hydrogens (tertiary/aromatic N) is 3. The zero-order valence-electron chi connectivity index (χ0n) is 14.4. The second-order valence-corrected chi connectivity index (χ2v) is 7.49. The topological polar surface area (TPSA) is 26.8 Å². The molecule has 5 heteroatoms. The number of carbonyl (C=O) groups is 1. The second-order valence-electron chi connectivity index (χ2n) is 6.46. The van der Waals surface area contributed by atoms with Crippen molar-refractivity contribution in [1.82, 2.24) is 9.80 Å². The van der Waals surface area contributed by atoms with Gasteiger partial charge in [-0.15, -0.1) is 11.3 Å². The molecule has 1 saturated heterocycles. The standard InChI is InChI=1S/C19H25N3OS/c1-16-5-3-6-17(13-16)21-8-10-22(11-9-21)19(23)15-20(2)14-18-7-4-12-24-18/h3-7,12-13H,8-11,14-15H2,1-2H3. The van der Waals surface area contributed by atoms with Crippen LogP contribution < -0.4 is 4.90 Å². The van der Waals surface area contributed by atoms with Crippen molar-refractivity contribution in [2.45, 2.75) is 13.5 Å². The average molecular weight is 343 g/mol. The Hall–Kier alpha value is -1.85. The van der Waals surface area contributed by atoms with Crippen molar-refractivity contribution in [1.29, 1.82) is 0 Å². The maximum Gasteiger partial charge on any atom is 0.236 e. The molecule has 24 heavy (non-hydrogen) atoms. The lowest BCUT2D eigenvalue weighted by molar-refractivity contribution is -0.132. The van der Waals surface area contributed by atoms with E-state index in [1.807, 2.05) is 11.9 Å². The van der Waals surface area contributed by atoms with Crippen molar-refractivity contribution in [3.8, 4) is 0 Å². The largest absolute Gasteiger partial charge is 0.368 e. The van der Waals surface area contributed by atoms with Gasteiger partial charge in [0.1, 0.15) is 0 Å². The number of thiophene rings is 1. The predicted molar refractivity (Wildman–Crippen MR) is 101 cm³/mol. The van der Waals surface area contributed by atoms with Crippen molar-refractivity contribution < 1.29 is 4.79 Å². The quantitative estimate of drug-likeness (QED) is 0.835. The average Bonchev–Trinajstić information content (AvgIpc) is 3.07. The molecule has 2 heterocycles. The molecule has 2 aromatic rings. The van der Waals surface area contributed by atoms with E-state index in [9.17, 15) is 4.79 Å². The number of hydrogen-bond donors (Lipinski definition) is 0. The van der Waals surface area contributed by atoms with Gasteiger partial charge in [-0.3, -0.25) is 9.69 Å². The number of likely N-dealkylation sites (N-methyl/N-ethyl adjacent to an activating group) is 1. The Bertz CT molecular complexity index is 663. The van der Waals surface area contributed by atoms with Crippen LogP contribution in [0.5, 0.6) is 0 Å². The van der Waals surface area contributed by atoms with Gasteiger partial charge in [-0.25, -0.2) is 0 Å². The van der Waals surface area contributed by atoms with Crippen LogP contribution in [0.3, 0.4) is 0 Å². The van der Waals surface area contributed by atoms with Gasteiger partial charge in [0.25, 0.3) is 0 Å². The van der Waals surface area contributed by atoms with Gasteiger partial charge < -0.3 is 9.80 Å².